The molecule has 0 aliphatic carbocycles. The van der Waals surface area contributed by atoms with Crippen molar-refractivity contribution >= 4 is 27.6 Å². The Labute approximate surface area is 176 Å². The number of nitrogens with one attached hydrogen (secondary N) is 2. The van der Waals surface area contributed by atoms with Crippen molar-refractivity contribution in [3.8, 4) is 22.8 Å². The van der Waals surface area contributed by atoms with E-state index in [1.54, 1.807) is 18.6 Å². The number of hydrogen-bond donors (Lipinski definition) is 2. The zero-order valence-corrected chi connectivity index (χ0v) is 16.6. The Morgan fingerprint density at radius 2 is 1.77 bits per heavy atom. The highest BCUT2D eigenvalue weighted by Crippen LogP contribution is 2.32. The lowest BCUT2D eigenvalue weighted by Gasteiger charge is -2.28. The molecule has 31 heavy (non-hydrogen) atoms. The van der Waals surface area contributed by atoms with Crippen LogP contribution in [0.15, 0.2) is 43.1 Å². The van der Waals surface area contributed by atoms with E-state index in [1.807, 2.05) is 12.3 Å². The fourth-order valence-electron chi connectivity index (χ4n) is 4.20. The summed E-state index contributed by atoms with van der Waals surface area (Å²) in [6.07, 6.45) is 11.8. The van der Waals surface area contributed by atoms with Gasteiger partial charge in [-0.1, -0.05) is 0 Å². The molecule has 5 aromatic heterocycles. The number of nitrogens with zero attached hydrogens (tertiary/aromatic N) is 6. The van der Waals surface area contributed by atoms with Crippen molar-refractivity contribution in [3.63, 3.8) is 0 Å². The van der Waals surface area contributed by atoms with Gasteiger partial charge >= 0.3 is 0 Å². The van der Waals surface area contributed by atoms with Crippen molar-refractivity contribution in [1.82, 2.24) is 35.1 Å². The molecule has 5 aromatic rings. The molecule has 6 heterocycles. The molecule has 1 aliphatic heterocycles. The van der Waals surface area contributed by atoms with E-state index in [9.17, 15) is 4.39 Å². The number of piperidine rings is 1. The number of imidazole rings is 1. The predicted octanol–water partition coefficient (Wildman–Crippen LogP) is 4.09. The van der Waals surface area contributed by atoms with Crippen molar-refractivity contribution in [3.05, 3.63) is 48.9 Å². The van der Waals surface area contributed by atoms with Gasteiger partial charge in [0, 0.05) is 30.2 Å². The maximum Gasteiger partial charge on any atom is 0.159 e. The number of pyridine rings is 3. The molecule has 0 radical (unpaired) electrons. The fraction of sp³-hybridized carbons (Fsp3) is 0.227. The molecule has 0 amide bonds. The quantitative estimate of drug-likeness (QED) is 0.461. The topological polar surface area (TPSA) is 99.3 Å². The Bertz CT molecular complexity index is 1400. The maximum atomic E-state index is 13.6. The lowest BCUT2D eigenvalue weighted by Crippen LogP contribution is -2.29. The molecular weight excluding hydrogens is 395 g/mol. The summed E-state index contributed by atoms with van der Waals surface area (Å²) in [5, 5.41) is 8.33. The Morgan fingerprint density at radius 3 is 2.65 bits per heavy atom. The number of rotatable bonds is 3. The van der Waals surface area contributed by atoms with Crippen LogP contribution in [0.2, 0.25) is 0 Å². The van der Waals surface area contributed by atoms with Crippen LogP contribution in [0.3, 0.4) is 0 Å². The molecule has 6 rings (SSSR count). The van der Waals surface area contributed by atoms with Gasteiger partial charge in [0.1, 0.15) is 17.0 Å². The lowest BCUT2D eigenvalue weighted by atomic mass is 10.1. The largest absolute Gasteiger partial charge is 0.368 e. The van der Waals surface area contributed by atoms with Gasteiger partial charge in [-0.3, -0.25) is 20.1 Å². The molecule has 0 unspecified atom stereocenters. The van der Waals surface area contributed by atoms with E-state index in [-0.39, 0.29) is 0 Å². The van der Waals surface area contributed by atoms with E-state index in [4.69, 9.17) is 4.98 Å². The van der Waals surface area contributed by atoms with Crippen LogP contribution >= 0.6 is 0 Å². The molecule has 0 atom stereocenters. The molecule has 2 N–H and O–H groups in total. The van der Waals surface area contributed by atoms with Crippen molar-refractivity contribution < 1.29 is 4.39 Å². The highest BCUT2D eigenvalue weighted by atomic mass is 19.1. The molecule has 8 nitrogen and oxygen atoms in total. The van der Waals surface area contributed by atoms with E-state index in [1.165, 1.54) is 31.5 Å². The highest BCUT2D eigenvalue weighted by Gasteiger charge is 2.19. The minimum atomic E-state index is -0.401. The number of aromatic nitrogens is 7. The van der Waals surface area contributed by atoms with Crippen molar-refractivity contribution in [2.75, 3.05) is 18.0 Å². The van der Waals surface area contributed by atoms with Gasteiger partial charge in [-0.15, -0.1) is 0 Å². The second kappa shape index (κ2) is 7.12. The summed E-state index contributed by atoms with van der Waals surface area (Å²) in [4.78, 5) is 23.4. The number of aromatic amines is 2. The van der Waals surface area contributed by atoms with Crippen LogP contribution in [0.1, 0.15) is 19.3 Å². The van der Waals surface area contributed by atoms with Gasteiger partial charge in [-0.25, -0.2) is 9.37 Å². The van der Waals surface area contributed by atoms with Gasteiger partial charge in [-0.2, -0.15) is 5.10 Å². The Morgan fingerprint density at radius 1 is 0.903 bits per heavy atom. The minimum absolute atomic E-state index is 0.401. The monoisotopic (exact) mass is 414 g/mol. The number of halogens is 1. The van der Waals surface area contributed by atoms with Crippen LogP contribution < -0.4 is 4.90 Å². The summed E-state index contributed by atoms with van der Waals surface area (Å²) in [5.41, 5.74) is 5.50. The standard InChI is InChI=1S/C22H19FN8/c23-14-6-13(8-24-9-14)16-7-15-17(11-26-16)29-30-20(15)22-27-18-10-25-12-19(21(18)28-22)31-4-2-1-3-5-31/h6-12H,1-5H2,(H,27,28)(H,29,30). The summed E-state index contributed by atoms with van der Waals surface area (Å²) in [7, 11) is 0. The van der Waals surface area contributed by atoms with E-state index >= 15 is 0 Å². The average Bonchev–Trinajstić information content (AvgIpc) is 3.43. The van der Waals surface area contributed by atoms with E-state index in [2.05, 4.69) is 35.0 Å². The Balaban J connectivity index is 1.46. The first kappa shape index (κ1) is 17.9. The van der Waals surface area contributed by atoms with Gasteiger partial charge in [0.15, 0.2) is 5.82 Å². The van der Waals surface area contributed by atoms with Gasteiger partial charge in [0.25, 0.3) is 0 Å². The molecule has 0 aromatic carbocycles. The minimum Gasteiger partial charge on any atom is -0.368 e. The summed E-state index contributed by atoms with van der Waals surface area (Å²) in [5.74, 6) is 0.254. The average molecular weight is 414 g/mol. The van der Waals surface area contributed by atoms with Crippen LogP contribution in [-0.2, 0) is 0 Å². The van der Waals surface area contributed by atoms with E-state index < -0.39 is 5.82 Å². The van der Waals surface area contributed by atoms with Crippen LogP contribution in [-0.4, -0.2) is 48.2 Å². The molecule has 9 heteroatoms. The van der Waals surface area contributed by atoms with E-state index in [0.29, 0.717) is 22.8 Å². The number of anilines is 1. The first-order valence-corrected chi connectivity index (χ1v) is 10.3. The van der Waals surface area contributed by atoms with Crippen LogP contribution in [0.5, 0.6) is 0 Å². The number of hydrogen-bond acceptors (Lipinski definition) is 6. The third-order valence-corrected chi connectivity index (χ3v) is 5.74. The van der Waals surface area contributed by atoms with Gasteiger partial charge in [0.2, 0.25) is 0 Å². The zero-order valence-electron chi connectivity index (χ0n) is 16.6. The fourth-order valence-corrected chi connectivity index (χ4v) is 4.20. The second-order valence-corrected chi connectivity index (χ2v) is 7.77. The third-order valence-electron chi connectivity index (χ3n) is 5.74. The van der Waals surface area contributed by atoms with Crippen molar-refractivity contribution in [2.24, 2.45) is 0 Å². The summed E-state index contributed by atoms with van der Waals surface area (Å²) in [6.45, 7) is 2.04. The maximum absolute atomic E-state index is 13.6. The third kappa shape index (κ3) is 3.09. The van der Waals surface area contributed by atoms with Crippen LogP contribution in [0.25, 0.3) is 44.7 Å². The second-order valence-electron chi connectivity index (χ2n) is 7.77. The predicted molar refractivity (Wildman–Crippen MR) is 116 cm³/mol. The Hall–Kier alpha value is -3.88. The zero-order chi connectivity index (χ0) is 20.8. The SMILES string of the molecule is Fc1cncc(-c2cc3c(-c4nc5c(N6CCCCC6)cncc5[nH]4)n[nH]c3cn2)c1. The first-order chi connectivity index (χ1) is 15.3. The van der Waals surface area contributed by atoms with E-state index in [0.717, 1.165) is 40.7 Å². The van der Waals surface area contributed by atoms with Crippen molar-refractivity contribution in [1.29, 1.82) is 0 Å². The van der Waals surface area contributed by atoms with Gasteiger partial charge in [0.05, 0.1) is 47.2 Å². The molecule has 154 valence electrons. The van der Waals surface area contributed by atoms with Crippen LogP contribution in [0.4, 0.5) is 10.1 Å². The first-order valence-electron chi connectivity index (χ1n) is 10.3. The van der Waals surface area contributed by atoms with Crippen molar-refractivity contribution in [2.45, 2.75) is 19.3 Å². The molecule has 0 spiro atoms. The summed E-state index contributed by atoms with van der Waals surface area (Å²) >= 11 is 0. The van der Waals surface area contributed by atoms with Gasteiger partial charge < -0.3 is 9.88 Å². The Kier molecular flexibility index (Phi) is 4.12. The number of H-pyrrole nitrogens is 2. The lowest BCUT2D eigenvalue weighted by molar-refractivity contribution is 0.578. The number of fused-ring (bicyclic) bond motifs is 2. The summed E-state index contributed by atoms with van der Waals surface area (Å²) < 4.78 is 13.6. The van der Waals surface area contributed by atoms with Crippen LogP contribution in [0, 0.1) is 5.82 Å². The summed E-state index contributed by atoms with van der Waals surface area (Å²) in [6, 6.07) is 3.29. The molecule has 1 fully saturated rings. The highest BCUT2D eigenvalue weighted by molar-refractivity contribution is 5.96. The smallest absolute Gasteiger partial charge is 0.159 e. The molecule has 1 aliphatic rings. The molecule has 0 bridgehead atoms. The molecule has 1 saturated heterocycles. The molecular formula is C22H19FN8. The normalized spacial score (nSPS) is 14.5. The molecule has 0 saturated carbocycles. The van der Waals surface area contributed by atoms with Gasteiger partial charge in [-0.05, 0) is 31.4 Å².